The first-order valence-corrected chi connectivity index (χ1v) is 6.42. The van der Waals surface area contributed by atoms with E-state index in [4.69, 9.17) is 10.2 Å². The zero-order valence-electron chi connectivity index (χ0n) is 10.9. The number of aliphatic carboxylic acids is 2. The lowest BCUT2D eigenvalue weighted by molar-refractivity contribution is -0.144. The summed E-state index contributed by atoms with van der Waals surface area (Å²) in [6.45, 7) is 2.60. The normalized spacial score (nSPS) is 23.8. The van der Waals surface area contributed by atoms with E-state index in [1.807, 2.05) is 6.92 Å². The molecule has 2 atom stereocenters. The van der Waals surface area contributed by atoms with Gasteiger partial charge in [0.25, 0.3) is 0 Å². The van der Waals surface area contributed by atoms with E-state index < -0.39 is 23.5 Å². The zero-order valence-corrected chi connectivity index (χ0v) is 10.9. The lowest BCUT2D eigenvalue weighted by Gasteiger charge is -2.28. The Balaban J connectivity index is 2.65. The minimum atomic E-state index is -1.21. The van der Waals surface area contributed by atoms with Gasteiger partial charge in [-0.05, 0) is 32.2 Å². The fraction of sp³-hybridized carbons (Fsp3) is 0.750. The zero-order chi connectivity index (χ0) is 14.5. The first kappa shape index (κ1) is 15.4. The van der Waals surface area contributed by atoms with E-state index in [-0.39, 0.29) is 18.7 Å². The van der Waals surface area contributed by atoms with E-state index in [0.29, 0.717) is 12.8 Å². The second-order valence-corrected chi connectivity index (χ2v) is 4.76. The molecule has 1 heterocycles. The van der Waals surface area contributed by atoms with Gasteiger partial charge < -0.3 is 20.8 Å². The van der Waals surface area contributed by atoms with Gasteiger partial charge in [0.1, 0.15) is 6.04 Å². The van der Waals surface area contributed by atoms with Crippen LogP contribution in [0.2, 0.25) is 0 Å². The van der Waals surface area contributed by atoms with E-state index in [1.54, 1.807) is 0 Å². The molecule has 1 aliphatic heterocycles. The van der Waals surface area contributed by atoms with Gasteiger partial charge in [0.2, 0.25) is 5.91 Å². The van der Waals surface area contributed by atoms with Crippen LogP contribution in [-0.2, 0) is 14.4 Å². The van der Waals surface area contributed by atoms with Gasteiger partial charge in [-0.15, -0.1) is 0 Å². The van der Waals surface area contributed by atoms with Gasteiger partial charge >= 0.3 is 11.9 Å². The molecule has 108 valence electrons. The molecule has 1 amide bonds. The maximum absolute atomic E-state index is 12.2. The van der Waals surface area contributed by atoms with Crippen LogP contribution in [0.1, 0.15) is 39.0 Å². The first-order valence-electron chi connectivity index (χ1n) is 6.42. The van der Waals surface area contributed by atoms with Gasteiger partial charge in [-0.1, -0.05) is 6.92 Å². The molecule has 19 heavy (non-hydrogen) atoms. The lowest BCUT2D eigenvalue weighted by atomic mass is 9.92. The number of carbonyl (C=O) groups excluding carboxylic acids is 1. The minimum absolute atomic E-state index is 0.115. The molecule has 0 bridgehead atoms. The van der Waals surface area contributed by atoms with E-state index in [2.05, 4.69) is 10.6 Å². The van der Waals surface area contributed by atoms with E-state index >= 15 is 0 Å². The first-order chi connectivity index (χ1) is 8.91. The maximum atomic E-state index is 12.2. The van der Waals surface area contributed by atoms with Crippen molar-refractivity contribution in [3.05, 3.63) is 0 Å². The fourth-order valence-electron chi connectivity index (χ4n) is 2.28. The average molecular weight is 272 g/mol. The van der Waals surface area contributed by atoms with Gasteiger partial charge in [-0.2, -0.15) is 0 Å². The number of rotatable bonds is 7. The highest BCUT2D eigenvalue weighted by Crippen LogP contribution is 2.23. The molecule has 0 aliphatic carbocycles. The number of nitrogens with one attached hydrogen (secondary N) is 2. The Morgan fingerprint density at radius 3 is 2.47 bits per heavy atom. The molecule has 0 radical (unpaired) electrons. The standard InChI is InChI=1S/C12H20N2O5/c1-2-12(6-3-7-13-12)11(19)14-8(10(17)18)4-5-9(15)16/h8,13H,2-7H2,1H3,(H,14,19)(H,15,16)(H,17,18). The summed E-state index contributed by atoms with van der Waals surface area (Å²) in [4.78, 5) is 33.7. The highest BCUT2D eigenvalue weighted by atomic mass is 16.4. The van der Waals surface area contributed by atoms with Crippen LogP contribution >= 0.6 is 0 Å². The van der Waals surface area contributed by atoms with Gasteiger partial charge in [0, 0.05) is 6.42 Å². The van der Waals surface area contributed by atoms with Gasteiger partial charge in [0.15, 0.2) is 0 Å². The molecule has 1 fully saturated rings. The predicted octanol–water partition coefficient (Wildman–Crippen LogP) is -0.0472. The molecule has 4 N–H and O–H groups in total. The van der Waals surface area contributed by atoms with Crippen LogP contribution in [0.3, 0.4) is 0 Å². The number of carboxylic acid groups (broad SMARTS) is 2. The van der Waals surface area contributed by atoms with Gasteiger partial charge in [0.05, 0.1) is 5.54 Å². The van der Waals surface area contributed by atoms with Crippen LogP contribution in [0.15, 0.2) is 0 Å². The summed E-state index contributed by atoms with van der Waals surface area (Å²) in [6, 6.07) is -1.16. The van der Waals surface area contributed by atoms with E-state index in [0.717, 1.165) is 13.0 Å². The molecule has 1 rings (SSSR count). The van der Waals surface area contributed by atoms with Crippen LogP contribution in [0, 0.1) is 0 Å². The van der Waals surface area contributed by atoms with Crippen molar-refractivity contribution >= 4 is 17.8 Å². The summed E-state index contributed by atoms with van der Waals surface area (Å²) in [5.41, 5.74) is -0.711. The molecule has 0 aromatic rings. The monoisotopic (exact) mass is 272 g/mol. The number of hydrogen-bond acceptors (Lipinski definition) is 4. The molecule has 0 saturated carbocycles. The summed E-state index contributed by atoms with van der Waals surface area (Å²) in [5.74, 6) is -2.64. The van der Waals surface area contributed by atoms with Crippen LogP contribution in [0.4, 0.5) is 0 Å². The van der Waals surface area contributed by atoms with Crippen LogP contribution in [-0.4, -0.2) is 46.2 Å². The minimum Gasteiger partial charge on any atom is -0.481 e. The molecular weight excluding hydrogens is 252 g/mol. The highest BCUT2D eigenvalue weighted by molar-refractivity contribution is 5.90. The quantitative estimate of drug-likeness (QED) is 0.516. The molecule has 7 heteroatoms. The van der Waals surface area contributed by atoms with Crippen LogP contribution < -0.4 is 10.6 Å². The second-order valence-electron chi connectivity index (χ2n) is 4.76. The summed E-state index contributed by atoms with van der Waals surface area (Å²) in [5, 5.41) is 23.1. The summed E-state index contributed by atoms with van der Waals surface area (Å²) in [6.07, 6.45) is 1.71. The van der Waals surface area contributed by atoms with Gasteiger partial charge in [-0.3, -0.25) is 9.59 Å². The van der Waals surface area contributed by atoms with Crippen molar-refractivity contribution in [3.63, 3.8) is 0 Å². The molecule has 0 aromatic carbocycles. The van der Waals surface area contributed by atoms with Crippen molar-refractivity contribution in [2.24, 2.45) is 0 Å². The van der Waals surface area contributed by atoms with Gasteiger partial charge in [-0.25, -0.2) is 4.79 Å². The van der Waals surface area contributed by atoms with E-state index in [1.165, 1.54) is 0 Å². The predicted molar refractivity (Wildman–Crippen MR) is 66.7 cm³/mol. The second kappa shape index (κ2) is 6.51. The molecule has 1 aliphatic rings. The van der Waals surface area contributed by atoms with Crippen LogP contribution in [0.25, 0.3) is 0 Å². The fourth-order valence-corrected chi connectivity index (χ4v) is 2.28. The van der Waals surface area contributed by atoms with Crippen molar-refractivity contribution < 1.29 is 24.6 Å². The Morgan fingerprint density at radius 1 is 1.37 bits per heavy atom. The molecular formula is C12H20N2O5. The third-order valence-corrected chi connectivity index (χ3v) is 3.53. The molecule has 0 spiro atoms. The Labute approximate surface area is 111 Å². The number of hydrogen-bond donors (Lipinski definition) is 4. The number of carboxylic acids is 2. The third kappa shape index (κ3) is 3.92. The number of carbonyl (C=O) groups is 3. The van der Waals surface area contributed by atoms with Crippen molar-refractivity contribution in [1.29, 1.82) is 0 Å². The topological polar surface area (TPSA) is 116 Å². The SMILES string of the molecule is CCC1(C(=O)NC(CCC(=O)O)C(=O)O)CCCN1. The Morgan fingerprint density at radius 2 is 2.05 bits per heavy atom. The van der Waals surface area contributed by atoms with Crippen molar-refractivity contribution in [1.82, 2.24) is 10.6 Å². The van der Waals surface area contributed by atoms with Crippen molar-refractivity contribution in [2.75, 3.05) is 6.54 Å². The summed E-state index contributed by atoms with van der Waals surface area (Å²) in [7, 11) is 0. The smallest absolute Gasteiger partial charge is 0.326 e. The average Bonchev–Trinajstić information content (AvgIpc) is 2.83. The largest absolute Gasteiger partial charge is 0.481 e. The lowest BCUT2D eigenvalue weighted by Crippen LogP contribution is -2.56. The molecule has 1 saturated heterocycles. The molecule has 0 aromatic heterocycles. The highest BCUT2D eigenvalue weighted by Gasteiger charge is 2.40. The van der Waals surface area contributed by atoms with Crippen molar-refractivity contribution in [2.45, 2.75) is 50.6 Å². The molecule has 7 nitrogen and oxygen atoms in total. The maximum Gasteiger partial charge on any atom is 0.326 e. The Bertz CT molecular complexity index is 363. The molecule has 2 unspecified atom stereocenters. The van der Waals surface area contributed by atoms with Crippen LogP contribution in [0.5, 0.6) is 0 Å². The summed E-state index contributed by atoms with van der Waals surface area (Å²) >= 11 is 0. The van der Waals surface area contributed by atoms with E-state index in [9.17, 15) is 14.4 Å². The third-order valence-electron chi connectivity index (χ3n) is 3.53. The summed E-state index contributed by atoms with van der Waals surface area (Å²) < 4.78 is 0. The van der Waals surface area contributed by atoms with Crippen molar-refractivity contribution in [3.8, 4) is 0 Å². The Hall–Kier alpha value is -1.63. The number of amides is 1. The Kier molecular flexibility index (Phi) is 5.29.